The number of rotatable bonds is 8. The number of benzene rings is 1. The van der Waals surface area contributed by atoms with Gasteiger partial charge in [0.15, 0.2) is 5.78 Å². The summed E-state index contributed by atoms with van der Waals surface area (Å²) in [5.74, 6) is 0.153. The predicted molar refractivity (Wildman–Crippen MR) is 119 cm³/mol. The van der Waals surface area contributed by atoms with E-state index < -0.39 is 21.2 Å². The minimum atomic E-state index is -3.91. The van der Waals surface area contributed by atoms with Gasteiger partial charge in [-0.05, 0) is 92.5 Å². The minimum absolute atomic E-state index is 0.148. The fourth-order valence-corrected chi connectivity index (χ4v) is 6.18. The van der Waals surface area contributed by atoms with E-state index in [0.717, 1.165) is 24.8 Å². The second-order valence-electron chi connectivity index (χ2n) is 9.89. The Morgan fingerprint density at radius 2 is 1.97 bits per heavy atom. The second kappa shape index (κ2) is 7.89. The van der Waals surface area contributed by atoms with Crippen molar-refractivity contribution in [2.45, 2.75) is 82.8 Å². The Balaban J connectivity index is 1.61. The van der Waals surface area contributed by atoms with E-state index >= 15 is 0 Å². The topological polar surface area (TPSA) is 84.6 Å². The highest BCUT2D eigenvalue weighted by atomic mass is 32.2. The van der Waals surface area contributed by atoms with Crippen LogP contribution >= 0.6 is 0 Å². The molecule has 1 fully saturated rings. The van der Waals surface area contributed by atoms with Gasteiger partial charge in [0, 0.05) is 18.1 Å². The molecule has 31 heavy (non-hydrogen) atoms. The summed E-state index contributed by atoms with van der Waals surface area (Å²) in [6.07, 6.45) is 6.90. The quantitative estimate of drug-likeness (QED) is 0.652. The standard InChI is InChI=1S/C25H32O5S/c1-15-10-18-6-5-7-21(18)22(24(15)16(2)17-8-9-17)12-20(26)14-31(28,29)23-11-19(13-30-23)25(3,4)27/h10-11,13,16-17,27H,5-9,12,14H2,1-4H3/t16-/m0/s1. The summed E-state index contributed by atoms with van der Waals surface area (Å²) < 4.78 is 30.8. The number of ketones is 1. The molecule has 0 amide bonds. The van der Waals surface area contributed by atoms with Crippen molar-refractivity contribution in [1.82, 2.24) is 0 Å². The Labute approximate surface area is 184 Å². The fraction of sp³-hybridized carbons (Fsp3) is 0.560. The first-order valence-electron chi connectivity index (χ1n) is 11.2. The van der Waals surface area contributed by atoms with Crippen molar-refractivity contribution >= 4 is 15.6 Å². The maximum Gasteiger partial charge on any atom is 0.218 e. The number of hydrogen-bond donors (Lipinski definition) is 1. The summed E-state index contributed by atoms with van der Waals surface area (Å²) in [5.41, 5.74) is 5.30. The first kappa shape index (κ1) is 22.3. The zero-order valence-electron chi connectivity index (χ0n) is 18.8. The highest BCUT2D eigenvalue weighted by molar-refractivity contribution is 7.92. The molecule has 0 unspecified atom stereocenters. The first-order chi connectivity index (χ1) is 14.5. The SMILES string of the molecule is Cc1cc2c(c(CC(=O)CS(=O)(=O)c3cc(C(C)(C)O)co3)c1[C@@H](C)C1CC1)CCC2. The van der Waals surface area contributed by atoms with Crippen LogP contribution in [0.1, 0.15) is 79.3 Å². The molecule has 0 spiro atoms. The van der Waals surface area contributed by atoms with E-state index in [2.05, 4.69) is 19.9 Å². The van der Waals surface area contributed by atoms with Gasteiger partial charge in [0.05, 0.1) is 11.9 Å². The van der Waals surface area contributed by atoms with Gasteiger partial charge < -0.3 is 9.52 Å². The number of carbonyl (C=O) groups is 1. The van der Waals surface area contributed by atoms with Gasteiger partial charge >= 0.3 is 0 Å². The number of fused-ring (bicyclic) bond motifs is 1. The molecule has 1 aromatic carbocycles. The molecule has 2 aromatic rings. The summed E-state index contributed by atoms with van der Waals surface area (Å²) in [5, 5.41) is 9.81. The number of aryl methyl sites for hydroxylation is 2. The molecule has 1 aromatic heterocycles. The van der Waals surface area contributed by atoms with E-state index in [4.69, 9.17) is 4.42 Å². The molecule has 1 heterocycles. The Bertz CT molecular complexity index is 1110. The average Bonchev–Trinajstić information content (AvgIpc) is 3.17. The highest BCUT2D eigenvalue weighted by Gasteiger charge is 2.34. The molecule has 2 aliphatic rings. The van der Waals surface area contributed by atoms with Gasteiger partial charge in [-0.25, -0.2) is 8.42 Å². The number of sulfone groups is 1. The van der Waals surface area contributed by atoms with E-state index in [0.29, 0.717) is 17.4 Å². The van der Waals surface area contributed by atoms with Crippen LogP contribution in [0.15, 0.2) is 27.9 Å². The molecule has 1 atom stereocenters. The van der Waals surface area contributed by atoms with Gasteiger partial charge in [0.2, 0.25) is 14.9 Å². The second-order valence-corrected chi connectivity index (χ2v) is 11.8. The molecule has 0 radical (unpaired) electrons. The van der Waals surface area contributed by atoms with E-state index in [1.807, 2.05) is 0 Å². The summed E-state index contributed by atoms with van der Waals surface area (Å²) in [7, 11) is -3.91. The van der Waals surface area contributed by atoms with Crippen molar-refractivity contribution in [1.29, 1.82) is 0 Å². The molecule has 0 aliphatic heterocycles. The lowest BCUT2D eigenvalue weighted by Crippen LogP contribution is -2.20. The molecule has 1 N–H and O–H groups in total. The summed E-state index contributed by atoms with van der Waals surface area (Å²) in [4.78, 5) is 13.0. The molecule has 1 saturated carbocycles. The van der Waals surface area contributed by atoms with Crippen LogP contribution in [0.5, 0.6) is 0 Å². The average molecular weight is 445 g/mol. The van der Waals surface area contributed by atoms with Crippen molar-refractivity contribution in [3.8, 4) is 0 Å². The monoisotopic (exact) mass is 444 g/mol. The maximum atomic E-state index is 13.0. The van der Waals surface area contributed by atoms with Gasteiger partial charge in [0.25, 0.3) is 0 Å². The molecular weight excluding hydrogens is 412 g/mol. The molecule has 5 nitrogen and oxygen atoms in total. The molecule has 0 saturated heterocycles. The van der Waals surface area contributed by atoms with Crippen molar-refractivity contribution in [3.05, 3.63) is 51.8 Å². The van der Waals surface area contributed by atoms with Crippen LogP contribution in [-0.2, 0) is 39.5 Å². The van der Waals surface area contributed by atoms with Crippen LogP contribution in [0, 0.1) is 12.8 Å². The fourth-order valence-electron chi connectivity index (χ4n) is 5.01. The molecule has 2 aliphatic carbocycles. The van der Waals surface area contributed by atoms with Crippen LogP contribution in [0.25, 0.3) is 0 Å². The Morgan fingerprint density at radius 1 is 1.26 bits per heavy atom. The smallest absolute Gasteiger partial charge is 0.218 e. The van der Waals surface area contributed by atoms with Crippen LogP contribution in [-0.4, -0.2) is 25.1 Å². The Hall–Kier alpha value is -1.92. The normalized spacial score (nSPS) is 17.6. The zero-order chi connectivity index (χ0) is 22.6. The van der Waals surface area contributed by atoms with Crippen molar-refractivity contribution in [3.63, 3.8) is 0 Å². The number of Topliss-reactive ketones (excluding diaryl/α,β-unsaturated/α-hetero) is 1. The van der Waals surface area contributed by atoms with Crippen molar-refractivity contribution in [2.75, 3.05) is 5.75 Å². The van der Waals surface area contributed by atoms with Gasteiger partial charge in [-0.3, -0.25) is 4.79 Å². The molecule has 4 rings (SSSR count). The molecule has 6 heteroatoms. The molecule has 0 bridgehead atoms. The third-order valence-electron chi connectivity index (χ3n) is 6.86. The van der Waals surface area contributed by atoms with E-state index in [9.17, 15) is 18.3 Å². The number of carbonyl (C=O) groups excluding carboxylic acids is 1. The van der Waals surface area contributed by atoms with Gasteiger partial charge in [-0.15, -0.1) is 0 Å². The Morgan fingerprint density at radius 3 is 2.58 bits per heavy atom. The van der Waals surface area contributed by atoms with Crippen LogP contribution in [0.3, 0.4) is 0 Å². The lowest BCUT2D eigenvalue weighted by molar-refractivity contribution is -0.116. The van der Waals surface area contributed by atoms with Crippen molar-refractivity contribution in [2.24, 2.45) is 5.92 Å². The van der Waals surface area contributed by atoms with E-state index in [1.54, 1.807) is 13.8 Å². The van der Waals surface area contributed by atoms with Gasteiger partial charge in [-0.1, -0.05) is 13.0 Å². The van der Waals surface area contributed by atoms with Crippen LogP contribution < -0.4 is 0 Å². The number of furan rings is 1. The third-order valence-corrected chi connectivity index (χ3v) is 8.39. The van der Waals surface area contributed by atoms with Gasteiger partial charge in [-0.2, -0.15) is 0 Å². The summed E-state index contributed by atoms with van der Waals surface area (Å²) >= 11 is 0. The predicted octanol–water partition coefficient (Wildman–Crippen LogP) is 4.40. The van der Waals surface area contributed by atoms with E-state index in [-0.39, 0.29) is 17.3 Å². The number of aliphatic hydroxyl groups is 1. The summed E-state index contributed by atoms with van der Waals surface area (Å²) in [6.45, 7) is 7.48. The lowest BCUT2D eigenvalue weighted by Gasteiger charge is -2.22. The van der Waals surface area contributed by atoms with Crippen molar-refractivity contribution < 1.29 is 22.7 Å². The van der Waals surface area contributed by atoms with Crippen LogP contribution in [0.2, 0.25) is 0 Å². The third kappa shape index (κ3) is 4.51. The largest absolute Gasteiger partial charge is 0.453 e. The summed E-state index contributed by atoms with van der Waals surface area (Å²) in [6, 6.07) is 3.59. The first-order valence-corrected chi connectivity index (χ1v) is 12.8. The number of hydrogen-bond acceptors (Lipinski definition) is 5. The highest BCUT2D eigenvalue weighted by Crippen LogP contribution is 2.46. The maximum absolute atomic E-state index is 13.0. The molecule has 168 valence electrons. The Kier molecular flexibility index (Phi) is 5.67. The lowest BCUT2D eigenvalue weighted by atomic mass is 9.82. The van der Waals surface area contributed by atoms with Crippen LogP contribution in [0.4, 0.5) is 0 Å². The minimum Gasteiger partial charge on any atom is -0.453 e. The van der Waals surface area contributed by atoms with Gasteiger partial charge in [0.1, 0.15) is 5.75 Å². The zero-order valence-corrected chi connectivity index (χ0v) is 19.6. The molecular formula is C25H32O5S. The van der Waals surface area contributed by atoms with E-state index in [1.165, 1.54) is 47.4 Å².